The van der Waals surface area contributed by atoms with E-state index < -0.39 is 17.4 Å². The molecule has 4 saturated carbocycles. The zero-order valence-electron chi connectivity index (χ0n) is 30.6. The first-order valence-electron chi connectivity index (χ1n) is 18.4. The van der Waals surface area contributed by atoms with Crippen LogP contribution in [0.3, 0.4) is 0 Å². The number of rotatable bonds is 8. The predicted molar refractivity (Wildman–Crippen MR) is 182 cm³/mol. The SMILES string of the molecule is CC(=O)O[C@H]1CC[C@@]2(C)C(CC[C@]3(C)C2CC=C2C4CC(C)(C)CC[C@]4(C(=O)NCCCC(=O)N[C@@H](C)C(=O)O)CC[C@]23C)C1(C)C. The summed E-state index contributed by atoms with van der Waals surface area (Å²) in [4.78, 5) is 49.6. The predicted octanol–water partition coefficient (Wildman–Crippen LogP) is 7.21. The van der Waals surface area contributed by atoms with Crippen LogP contribution < -0.4 is 10.6 Å². The topological polar surface area (TPSA) is 122 Å². The molecule has 2 amide bonds. The maximum atomic E-state index is 14.3. The first-order valence-corrected chi connectivity index (χ1v) is 18.4. The second kappa shape index (κ2) is 12.2. The lowest BCUT2D eigenvalue weighted by Crippen LogP contribution is -2.65. The van der Waals surface area contributed by atoms with Crippen molar-refractivity contribution >= 4 is 23.8 Å². The third-order valence-corrected chi connectivity index (χ3v) is 15.0. The van der Waals surface area contributed by atoms with Crippen LogP contribution in [-0.4, -0.2) is 47.6 Å². The van der Waals surface area contributed by atoms with Gasteiger partial charge in [0.2, 0.25) is 11.8 Å². The summed E-state index contributed by atoms with van der Waals surface area (Å²) in [6, 6.07) is -0.927. The lowest BCUT2D eigenvalue weighted by atomic mass is 9.33. The Bertz CT molecular complexity index is 1320. The number of esters is 1. The lowest BCUT2D eigenvalue weighted by Gasteiger charge is -2.71. The van der Waals surface area contributed by atoms with Gasteiger partial charge >= 0.3 is 11.9 Å². The van der Waals surface area contributed by atoms with E-state index in [0.717, 1.165) is 64.2 Å². The van der Waals surface area contributed by atoms with Crippen molar-refractivity contribution in [2.75, 3.05) is 6.54 Å². The van der Waals surface area contributed by atoms with Gasteiger partial charge in [0.15, 0.2) is 0 Å². The summed E-state index contributed by atoms with van der Waals surface area (Å²) in [5.41, 5.74) is 1.47. The molecule has 0 bridgehead atoms. The van der Waals surface area contributed by atoms with Crippen molar-refractivity contribution in [3.63, 3.8) is 0 Å². The van der Waals surface area contributed by atoms with E-state index in [1.165, 1.54) is 19.4 Å². The van der Waals surface area contributed by atoms with E-state index in [1.807, 2.05) is 0 Å². The van der Waals surface area contributed by atoms with Gasteiger partial charge in [-0.15, -0.1) is 0 Å². The lowest BCUT2D eigenvalue weighted by molar-refractivity contribution is -0.212. The van der Waals surface area contributed by atoms with Crippen molar-refractivity contribution < 1.29 is 29.0 Å². The van der Waals surface area contributed by atoms with Gasteiger partial charge in [-0.25, -0.2) is 0 Å². The van der Waals surface area contributed by atoms with Crippen molar-refractivity contribution in [1.29, 1.82) is 0 Å². The number of amides is 2. The standard InChI is InChI=1S/C39H62N2O6/c1-24(32(44)45)41-31(43)11-10-22-40-33(46)39-20-18-34(3,4)23-27(39)26-12-13-29-36(7)16-15-30(47-25(2)42)35(5,6)28(36)14-17-38(29,9)37(26,8)19-21-39/h12,24,27-30H,10-11,13-23H2,1-9H3,(H,40,46)(H,41,43)(H,44,45)/t24-,27?,28?,29?,30-,36-,37+,38+,39-/m0/s1. The first kappa shape index (κ1) is 35.9. The summed E-state index contributed by atoms with van der Waals surface area (Å²) in [6.45, 7) is 20.4. The molecule has 9 atom stereocenters. The van der Waals surface area contributed by atoms with Crippen LogP contribution in [0.2, 0.25) is 0 Å². The number of carbonyl (C=O) groups is 4. The van der Waals surface area contributed by atoms with Crippen LogP contribution in [0.4, 0.5) is 0 Å². The Morgan fingerprint density at radius 2 is 1.62 bits per heavy atom. The number of fused-ring (bicyclic) bond motifs is 7. The van der Waals surface area contributed by atoms with Crippen LogP contribution in [0, 0.1) is 50.2 Å². The number of allylic oxidation sites excluding steroid dienone is 2. The minimum Gasteiger partial charge on any atom is -0.480 e. The summed E-state index contributed by atoms with van der Waals surface area (Å²) in [5, 5.41) is 14.8. The molecule has 5 rings (SSSR count). The average molecular weight is 655 g/mol. The van der Waals surface area contributed by atoms with Gasteiger partial charge in [-0.3, -0.25) is 19.2 Å². The summed E-state index contributed by atoms with van der Waals surface area (Å²) in [7, 11) is 0. The molecule has 4 fully saturated rings. The highest BCUT2D eigenvalue weighted by molar-refractivity contribution is 5.85. The third-order valence-electron chi connectivity index (χ3n) is 15.0. The maximum absolute atomic E-state index is 14.3. The maximum Gasteiger partial charge on any atom is 0.325 e. The number of ether oxygens (including phenoxy) is 1. The van der Waals surface area contributed by atoms with E-state index in [-0.39, 0.29) is 63.3 Å². The number of aliphatic carboxylic acids is 1. The molecule has 0 spiro atoms. The molecule has 0 aromatic heterocycles. The van der Waals surface area contributed by atoms with Gasteiger partial charge < -0.3 is 20.5 Å². The van der Waals surface area contributed by atoms with Crippen molar-refractivity contribution in [2.45, 2.75) is 152 Å². The van der Waals surface area contributed by atoms with Crippen molar-refractivity contribution in [3.05, 3.63) is 11.6 Å². The molecule has 0 heterocycles. The molecule has 264 valence electrons. The Morgan fingerprint density at radius 1 is 0.936 bits per heavy atom. The van der Waals surface area contributed by atoms with Crippen molar-refractivity contribution in [1.82, 2.24) is 10.6 Å². The molecule has 0 aliphatic heterocycles. The molecule has 47 heavy (non-hydrogen) atoms. The van der Waals surface area contributed by atoms with E-state index in [9.17, 15) is 19.2 Å². The molecular formula is C39H62N2O6. The Labute approximate surface area is 283 Å². The fourth-order valence-corrected chi connectivity index (χ4v) is 12.0. The Hall–Kier alpha value is -2.38. The van der Waals surface area contributed by atoms with Crippen LogP contribution in [0.5, 0.6) is 0 Å². The highest BCUT2D eigenvalue weighted by atomic mass is 16.5. The van der Waals surface area contributed by atoms with Crippen molar-refractivity contribution in [2.24, 2.45) is 50.2 Å². The van der Waals surface area contributed by atoms with Gasteiger partial charge in [0.05, 0.1) is 5.41 Å². The summed E-state index contributed by atoms with van der Waals surface area (Å²) < 4.78 is 5.92. The zero-order valence-corrected chi connectivity index (χ0v) is 30.6. The van der Waals surface area contributed by atoms with E-state index in [2.05, 4.69) is 65.2 Å². The molecule has 0 aromatic rings. The van der Waals surface area contributed by atoms with Crippen LogP contribution >= 0.6 is 0 Å². The normalized spacial score (nSPS) is 40.6. The Kier molecular flexibility index (Phi) is 9.32. The quantitative estimate of drug-likeness (QED) is 0.145. The van der Waals surface area contributed by atoms with Gasteiger partial charge in [-0.1, -0.05) is 60.1 Å². The third kappa shape index (κ3) is 5.85. The highest BCUT2D eigenvalue weighted by Gasteiger charge is 2.69. The van der Waals surface area contributed by atoms with Crippen LogP contribution in [-0.2, 0) is 23.9 Å². The van der Waals surface area contributed by atoms with Crippen LogP contribution in [0.1, 0.15) is 139 Å². The monoisotopic (exact) mass is 654 g/mol. The summed E-state index contributed by atoms with van der Waals surface area (Å²) in [6.07, 6.45) is 13.3. The molecule has 8 heteroatoms. The number of hydrogen-bond donors (Lipinski definition) is 3. The molecule has 0 saturated heterocycles. The second-order valence-electron chi connectivity index (χ2n) is 18.3. The molecule has 5 aliphatic rings. The number of carboxylic acids is 1. The molecule has 5 aliphatic carbocycles. The smallest absolute Gasteiger partial charge is 0.325 e. The van der Waals surface area contributed by atoms with Gasteiger partial charge in [-0.05, 0) is 117 Å². The molecule has 3 N–H and O–H groups in total. The van der Waals surface area contributed by atoms with Crippen LogP contribution in [0.15, 0.2) is 11.6 Å². The molecule has 0 radical (unpaired) electrons. The zero-order chi connectivity index (χ0) is 34.8. The number of carbonyl (C=O) groups excluding carboxylic acids is 3. The van der Waals surface area contributed by atoms with Crippen LogP contribution in [0.25, 0.3) is 0 Å². The minimum atomic E-state index is -1.06. The molecular weight excluding hydrogens is 592 g/mol. The molecule has 3 unspecified atom stereocenters. The van der Waals surface area contributed by atoms with Gasteiger partial charge in [0.25, 0.3) is 0 Å². The fraction of sp³-hybridized carbons (Fsp3) is 0.846. The van der Waals surface area contributed by atoms with E-state index in [1.54, 1.807) is 0 Å². The molecule has 8 nitrogen and oxygen atoms in total. The van der Waals surface area contributed by atoms with Gasteiger partial charge in [0, 0.05) is 25.3 Å². The second-order valence-corrected chi connectivity index (χ2v) is 18.3. The van der Waals surface area contributed by atoms with E-state index in [4.69, 9.17) is 9.84 Å². The average Bonchev–Trinajstić information content (AvgIpc) is 2.96. The largest absolute Gasteiger partial charge is 0.480 e. The van der Waals surface area contributed by atoms with Gasteiger partial charge in [-0.2, -0.15) is 0 Å². The fourth-order valence-electron chi connectivity index (χ4n) is 12.0. The Balaban J connectivity index is 1.38. The van der Waals surface area contributed by atoms with E-state index >= 15 is 0 Å². The number of nitrogens with one attached hydrogen (secondary N) is 2. The number of hydrogen-bond acceptors (Lipinski definition) is 5. The molecule has 0 aromatic carbocycles. The number of carboxylic acid groups (broad SMARTS) is 1. The van der Waals surface area contributed by atoms with Gasteiger partial charge in [0.1, 0.15) is 12.1 Å². The Morgan fingerprint density at radius 3 is 2.28 bits per heavy atom. The van der Waals surface area contributed by atoms with Crippen molar-refractivity contribution in [3.8, 4) is 0 Å². The summed E-state index contributed by atoms with van der Waals surface area (Å²) in [5.74, 6) is -0.186. The summed E-state index contributed by atoms with van der Waals surface area (Å²) >= 11 is 0. The highest BCUT2D eigenvalue weighted by Crippen LogP contribution is 2.75. The minimum absolute atomic E-state index is 0.0154. The first-order chi connectivity index (χ1) is 21.7. The van der Waals surface area contributed by atoms with E-state index in [0.29, 0.717) is 24.8 Å².